The van der Waals surface area contributed by atoms with Crippen molar-refractivity contribution in [1.82, 2.24) is 4.90 Å². The molecular weight excluding hydrogens is 294 g/mol. The normalized spacial score (nSPS) is 20.7. The summed E-state index contributed by atoms with van der Waals surface area (Å²) in [7, 11) is 0. The maximum atomic E-state index is 12.5. The highest BCUT2D eigenvalue weighted by Crippen LogP contribution is 2.24. The molecule has 2 unspecified atom stereocenters. The third-order valence-corrected chi connectivity index (χ3v) is 3.75. The van der Waals surface area contributed by atoms with Crippen molar-refractivity contribution in [3.05, 3.63) is 35.9 Å². The van der Waals surface area contributed by atoms with Crippen molar-refractivity contribution in [2.45, 2.75) is 51.4 Å². The minimum atomic E-state index is -0.632. The van der Waals surface area contributed by atoms with Gasteiger partial charge in [-0.05, 0) is 32.8 Å². The van der Waals surface area contributed by atoms with Crippen molar-refractivity contribution in [2.75, 3.05) is 19.8 Å². The molecule has 1 aromatic rings. The van der Waals surface area contributed by atoms with Crippen molar-refractivity contribution in [3.8, 4) is 0 Å². The Kier molecular flexibility index (Phi) is 6.02. The quantitative estimate of drug-likeness (QED) is 0.929. The molecule has 0 bridgehead atoms. The van der Waals surface area contributed by atoms with Gasteiger partial charge in [0.15, 0.2) is 0 Å². The lowest BCUT2D eigenvalue weighted by Gasteiger charge is -2.32. The molecule has 1 aromatic carbocycles. The largest absolute Gasteiger partial charge is 0.444 e. The maximum Gasteiger partial charge on any atom is 0.410 e. The molecular formula is C18H27NO4. The van der Waals surface area contributed by atoms with E-state index in [9.17, 15) is 9.90 Å². The average molecular weight is 321 g/mol. The van der Waals surface area contributed by atoms with Crippen LogP contribution in [0.1, 0.15) is 45.3 Å². The van der Waals surface area contributed by atoms with Gasteiger partial charge < -0.3 is 19.5 Å². The molecule has 1 N–H and O–H groups in total. The summed E-state index contributed by atoms with van der Waals surface area (Å²) in [6.07, 6.45) is 0.238. The van der Waals surface area contributed by atoms with E-state index >= 15 is 0 Å². The van der Waals surface area contributed by atoms with E-state index in [1.807, 2.05) is 51.1 Å². The summed E-state index contributed by atoms with van der Waals surface area (Å²) in [6, 6.07) is 9.29. The number of benzene rings is 1. The number of hydrogen-bond donors (Lipinski definition) is 1. The van der Waals surface area contributed by atoms with E-state index in [0.29, 0.717) is 26.2 Å². The molecule has 2 rings (SSSR count). The molecule has 0 aliphatic carbocycles. The topological polar surface area (TPSA) is 59.0 Å². The van der Waals surface area contributed by atoms with Crippen LogP contribution < -0.4 is 0 Å². The van der Waals surface area contributed by atoms with Gasteiger partial charge in [-0.2, -0.15) is 0 Å². The lowest BCUT2D eigenvalue weighted by Crippen LogP contribution is -2.45. The van der Waals surface area contributed by atoms with Crippen LogP contribution in [-0.2, 0) is 9.47 Å². The smallest absolute Gasteiger partial charge is 0.410 e. The van der Waals surface area contributed by atoms with Crippen LogP contribution in [0.4, 0.5) is 4.79 Å². The van der Waals surface area contributed by atoms with Crippen molar-refractivity contribution < 1.29 is 19.4 Å². The number of carbonyl (C=O) groups excluding carboxylic acids is 1. The molecule has 1 amide bonds. The van der Waals surface area contributed by atoms with Gasteiger partial charge in [0, 0.05) is 19.6 Å². The number of aliphatic hydroxyl groups excluding tert-OH is 1. The molecule has 0 radical (unpaired) electrons. The summed E-state index contributed by atoms with van der Waals surface area (Å²) in [5, 5.41) is 10.5. The molecule has 5 nitrogen and oxygen atoms in total. The van der Waals surface area contributed by atoms with Gasteiger partial charge in [-0.25, -0.2) is 4.79 Å². The molecule has 0 spiro atoms. The standard InChI is InChI=1S/C18H27NO4/c1-18(2,3)23-17(21)19-10-7-11-22-13-15(19)12-16(20)14-8-5-4-6-9-14/h4-6,8-9,15-16,20H,7,10-13H2,1-3H3. The molecule has 1 heterocycles. The van der Waals surface area contributed by atoms with Crippen LogP contribution in [0, 0.1) is 0 Å². The number of aliphatic hydroxyl groups is 1. The van der Waals surface area contributed by atoms with E-state index in [0.717, 1.165) is 12.0 Å². The van der Waals surface area contributed by atoms with E-state index in [4.69, 9.17) is 9.47 Å². The summed E-state index contributed by atoms with van der Waals surface area (Å²) in [6.45, 7) is 7.19. The predicted molar refractivity (Wildman–Crippen MR) is 88.2 cm³/mol. The van der Waals surface area contributed by atoms with E-state index in [1.165, 1.54) is 0 Å². The Morgan fingerprint density at radius 2 is 2.09 bits per heavy atom. The van der Waals surface area contributed by atoms with Gasteiger partial charge in [0.2, 0.25) is 0 Å². The number of amides is 1. The predicted octanol–water partition coefficient (Wildman–Crippen LogP) is 3.14. The van der Waals surface area contributed by atoms with Crippen LogP contribution in [0.3, 0.4) is 0 Å². The Hall–Kier alpha value is -1.59. The van der Waals surface area contributed by atoms with Crippen molar-refractivity contribution >= 4 is 6.09 Å². The molecule has 0 aromatic heterocycles. The fourth-order valence-electron chi connectivity index (χ4n) is 2.65. The van der Waals surface area contributed by atoms with Crippen LogP contribution in [0.5, 0.6) is 0 Å². The van der Waals surface area contributed by atoms with Crippen LogP contribution >= 0.6 is 0 Å². The van der Waals surface area contributed by atoms with Crippen molar-refractivity contribution in [2.24, 2.45) is 0 Å². The SMILES string of the molecule is CC(C)(C)OC(=O)N1CCCOCC1CC(O)c1ccccc1. The van der Waals surface area contributed by atoms with E-state index in [-0.39, 0.29) is 12.1 Å². The number of carbonyl (C=O) groups is 1. The van der Waals surface area contributed by atoms with Gasteiger partial charge in [0.1, 0.15) is 5.60 Å². The minimum absolute atomic E-state index is 0.192. The van der Waals surface area contributed by atoms with Gasteiger partial charge in [-0.15, -0.1) is 0 Å². The molecule has 1 aliphatic heterocycles. The first-order valence-electron chi connectivity index (χ1n) is 8.17. The molecule has 23 heavy (non-hydrogen) atoms. The highest BCUT2D eigenvalue weighted by molar-refractivity contribution is 5.68. The lowest BCUT2D eigenvalue weighted by atomic mass is 10.0. The Balaban J connectivity index is 2.07. The average Bonchev–Trinajstić information content (AvgIpc) is 2.72. The van der Waals surface area contributed by atoms with Crippen molar-refractivity contribution in [3.63, 3.8) is 0 Å². The summed E-state index contributed by atoms with van der Waals surface area (Å²) in [5.74, 6) is 0. The third kappa shape index (κ3) is 5.52. The van der Waals surface area contributed by atoms with Crippen LogP contribution in [0.25, 0.3) is 0 Å². The monoisotopic (exact) mass is 321 g/mol. The molecule has 2 atom stereocenters. The Bertz CT molecular complexity index is 497. The summed E-state index contributed by atoms with van der Waals surface area (Å²) in [5.41, 5.74) is 0.313. The van der Waals surface area contributed by atoms with Crippen LogP contribution in [0.15, 0.2) is 30.3 Å². The van der Waals surface area contributed by atoms with E-state index < -0.39 is 11.7 Å². The van der Waals surface area contributed by atoms with Gasteiger partial charge in [-0.3, -0.25) is 0 Å². The molecule has 1 saturated heterocycles. The van der Waals surface area contributed by atoms with Gasteiger partial charge >= 0.3 is 6.09 Å². The second kappa shape index (κ2) is 7.79. The number of hydrogen-bond acceptors (Lipinski definition) is 4. The lowest BCUT2D eigenvalue weighted by molar-refractivity contribution is 0.00384. The molecule has 1 fully saturated rings. The highest BCUT2D eigenvalue weighted by atomic mass is 16.6. The first-order chi connectivity index (χ1) is 10.9. The maximum absolute atomic E-state index is 12.5. The first kappa shape index (κ1) is 17.8. The Morgan fingerprint density at radius 1 is 1.39 bits per heavy atom. The Labute approximate surface area is 138 Å². The Morgan fingerprint density at radius 3 is 2.74 bits per heavy atom. The summed E-state index contributed by atoms with van der Waals surface area (Å²) < 4.78 is 11.1. The van der Waals surface area contributed by atoms with E-state index in [1.54, 1.807) is 4.90 Å². The van der Waals surface area contributed by atoms with Gasteiger partial charge in [0.05, 0.1) is 18.8 Å². The van der Waals surface area contributed by atoms with Crippen LogP contribution in [0.2, 0.25) is 0 Å². The second-order valence-electron chi connectivity index (χ2n) is 6.92. The number of rotatable bonds is 3. The fraction of sp³-hybridized carbons (Fsp3) is 0.611. The highest BCUT2D eigenvalue weighted by Gasteiger charge is 2.31. The summed E-state index contributed by atoms with van der Waals surface area (Å²) >= 11 is 0. The summed E-state index contributed by atoms with van der Waals surface area (Å²) in [4.78, 5) is 14.2. The molecule has 0 saturated carbocycles. The minimum Gasteiger partial charge on any atom is -0.444 e. The molecule has 5 heteroatoms. The van der Waals surface area contributed by atoms with Gasteiger partial charge in [-0.1, -0.05) is 30.3 Å². The third-order valence-electron chi connectivity index (χ3n) is 3.75. The first-order valence-corrected chi connectivity index (χ1v) is 8.17. The zero-order chi connectivity index (χ0) is 16.9. The molecule has 128 valence electrons. The number of ether oxygens (including phenoxy) is 2. The van der Waals surface area contributed by atoms with Gasteiger partial charge in [0.25, 0.3) is 0 Å². The number of nitrogens with zero attached hydrogens (tertiary/aromatic N) is 1. The fourth-order valence-corrected chi connectivity index (χ4v) is 2.65. The zero-order valence-corrected chi connectivity index (χ0v) is 14.2. The zero-order valence-electron chi connectivity index (χ0n) is 14.2. The molecule has 1 aliphatic rings. The van der Waals surface area contributed by atoms with Crippen LogP contribution in [-0.4, -0.2) is 47.5 Å². The van der Waals surface area contributed by atoms with Crippen molar-refractivity contribution in [1.29, 1.82) is 0 Å². The second-order valence-corrected chi connectivity index (χ2v) is 6.92. The van der Waals surface area contributed by atoms with E-state index in [2.05, 4.69) is 0 Å².